The van der Waals surface area contributed by atoms with Crippen molar-refractivity contribution in [3.63, 3.8) is 0 Å². The number of carbonyl (C=O) groups excluding carboxylic acids is 1. The van der Waals surface area contributed by atoms with Crippen LogP contribution in [-0.4, -0.2) is 19.1 Å². The number of nitrogens with one attached hydrogen (secondary N) is 1. The molecule has 0 heterocycles. The van der Waals surface area contributed by atoms with E-state index in [4.69, 9.17) is 4.74 Å². The van der Waals surface area contributed by atoms with Crippen molar-refractivity contribution in [2.45, 2.75) is 45.7 Å². The zero-order valence-corrected chi connectivity index (χ0v) is 12.7. The molecule has 20 heavy (non-hydrogen) atoms. The number of benzene rings is 1. The molecule has 1 saturated carbocycles. The Morgan fingerprint density at radius 2 is 1.90 bits per heavy atom. The molecule has 3 heteroatoms. The normalized spacial score (nSPS) is 26.2. The molecule has 1 N–H and O–H groups in total. The van der Waals surface area contributed by atoms with Gasteiger partial charge in [0.15, 0.2) is 0 Å². The lowest BCUT2D eigenvalue weighted by molar-refractivity contribution is 0.0600. The average molecular weight is 275 g/mol. The zero-order chi connectivity index (χ0) is 14.5. The third-order valence-electron chi connectivity index (χ3n) is 4.57. The molecule has 2 rings (SSSR count). The molecule has 0 saturated heterocycles. The maximum absolute atomic E-state index is 11.4. The van der Waals surface area contributed by atoms with Gasteiger partial charge in [-0.3, -0.25) is 0 Å². The summed E-state index contributed by atoms with van der Waals surface area (Å²) in [7, 11) is 1.41. The summed E-state index contributed by atoms with van der Waals surface area (Å²) in [4.78, 5) is 11.4. The number of methoxy groups -OCH3 is 1. The monoisotopic (exact) mass is 275 g/mol. The Kier molecular flexibility index (Phi) is 5.18. The van der Waals surface area contributed by atoms with Gasteiger partial charge in [-0.25, -0.2) is 4.79 Å². The van der Waals surface area contributed by atoms with Gasteiger partial charge in [0.05, 0.1) is 12.7 Å². The highest BCUT2D eigenvalue weighted by atomic mass is 16.5. The SMILES string of the molecule is COC(=O)c1ccc(CNC2CCC(C)C(C)C2)cc1. The Labute approximate surface area is 121 Å². The molecule has 0 bridgehead atoms. The first-order valence-corrected chi connectivity index (χ1v) is 7.50. The van der Waals surface area contributed by atoms with Gasteiger partial charge in [-0.15, -0.1) is 0 Å². The molecule has 1 aliphatic carbocycles. The van der Waals surface area contributed by atoms with Gasteiger partial charge in [-0.2, -0.15) is 0 Å². The minimum absolute atomic E-state index is 0.278. The van der Waals surface area contributed by atoms with Gasteiger partial charge < -0.3 is 10.1 Å². The molecule has 3 unspecified atom stereocenters. The van der Waals surface area contributed by atoms with Gasteiger partial charge in [0.2, 0.25) is 0 Å². The molecule has 3 atom stereocenters. The van der Waals surface area contributed by atoms with Crippen molar-refractivity contribution in [2.75, 3.05) is 7.11 Å². The van der Waals surface area contributed by atoms with Crippen LogP contribution < -0.4 is 5.32 Å². The number of hydrogen-bond donors (Lipinski definition) is 1. The van der Waals surface area contributed by atoms with Crippen LogP contribution in [-0.2, 0) is 11.3 Å². The Hall–Kier alpha value is -1.35. The van der Waals surface area contributed by atoms with E-state index in [-0.39, 0.29) is 5.97 Å². The minimum atomic E-state index is -0.278. The molecule has 0 radical (unpaired) electrons. The Morgan fingerprint density at radius 3 is 2.50 bits per heavy atom. The number of carbonyl (C=O) groups is 1. The first-order valence-electron chi connectivity index (χ1n) is 7.50. The van der Waals surface area contributed by atoms with Crippen LogP contribution in [0.3, 0.4) is 0 Å². The van der Waals surface area contributed by atoms with Crippen LogP contribution >= 0.6 is 0 Å². The van der Waals surface area contributed by atoms with E-state index in [0.717, 1.165) is 18.4 Å². The molecule has 1 aliphatic rings. The van der Waals surface area contributed by atoms with E-state index in [2.05, 4.69) is 19.2 Å². The van der Waals surface area contributed by atoms with Crippen molar-refractivity contribution in [1.29, 1.82) is 0 Å². The second-order valence-electron chi connectivity index (χ2n) is 6.03. The fourth-order valence-electron chi connectivity index (χ4n) is 2.87. The van der Waals surface area contributed by atoms with Crippen molar-refractivity contribution in [3.05, 3.63) is 35.4 Å². The largest absolute Gasteiger partial charge is 0.465 e. The second kappa shape index (κ2) is 6.89. The van der Waals surface area contributed by atoms with E-state index in [1.54, 1.807) is 0 Å². The highest BCUT2D eigenvalue weighted by molar-refractivity contribution is 5.89. The molecule has 1 aromatic rings. The highest BCUT2D eigenvalue weighted by Gasteiger charge is 2.23. The molecule has 1 fully saturated rings. The van der Waals surface area contributed by atoms with Crippen molar-refractivity contribution in [1.82, 2.24) is 5.32 Å². The van der Waals surface area contributed by atoms with Gasteiger partial charge >= 0.3 is 5.97 Å². The molecule has 0 amide bonds. The van der Waals surface area contributed by atoms with E-state index in [1.807, 2.05) is 24.3 Å². The molecular weight excluding hydrogens is 250 g/mol. The summed E-state index contributed by atoms with van der Waals surface area (Å²) in [6, 6.07) is 8.27. The lowest BCUT2D eigenvalue weighted by atomic mass is 9.79. The van der Waals surface area contributed by atoms with Crippen LogP contribution in [0.4, 0.5) is 0 Å². The number of esters is 1. The molecule has 1 aromatic carbocycles. The van der Waals surface area contributed by atoms with Crippen molar-refractivity contribution in [3.8, 4) is 0 Å². The van der Waals surface area contributed by atoms with Crippen LogP contribution in [0.15, 0.2) is 24.3 Å². The predicted molar refractivity (Wildman–Crippen MR) is 80.6 cm³/mol. The summed E-state index contributed by atoms with van der Waals surface area (Å²) in [6.45, 7) is 5.57. The van der Waals surface area contributed by atoms with E-state index in [1.165, 1.54) is 31.9 Å². The molecule has 3 nitrogen and oxygen atoms in total. The lowest BCUT2D eigenvalue weighted by Crippen LogP contribution is -2.35. The van der Waals surface area contributed by atoms with E-state index < -0.39 is 0 Å². The average Bonchev–Trinajstić information content (AvgIpc) is 2.48. The summed E-state index contributed by atoms with van der Waals surface area (Å²) in [5, 5.41) is 3.64. The molecule has 110 valence electrons. The molecule has 0 aliphatic heterocycles. The van der Waals surface area contributed by atoms with Crippen LogP contribution in [0.2, 0.25) is 0 Å². The van der Waals surface area contributed by atoms with Crippen LogP contribution in [0.1, 0.15) is 49.0 Å². The quantitative estimate of drug-likeness (QED) is 0.856. The lowest BCUT2D eigenvalue weighted by Gasteiger charge is -2.32. The smallest absolute Gasteiger partial charge is 0.337 e. The Balaban J connectivity index is 1.84. The fourth-order valence-corrected chi connectivity index (χ4v) is 2.87. The van der Waals surface area contributed by atoms with Crippen LogP contribution in [0.5, 0.6) is 0 Å². The Morgan fingerprint density at radius 1 is 1.20 bits per heavy atom. The van der Waals surface area contributed by atoms with Crippen molar-refractivity contribution >= 4 is 5.97 Å². The first kappa shape index (κ1) is 15.0. The third kappa shape index (κ3) is 3.83. The van der Waals surface area contributed by atoms with Crippen LogP contribution in [0, 0.1) is 11.8 Å². The number of ether oxygens (including phenoxy) is 1. The second-order valence-corrected chi connectivity index (χ2v) is 6.03. The van der Waals surface area contributed by atoms with Gasteiger partial charge in [0.25, 0.3) is 0 Å². The topological polar surface area (TPSA) is 38.3 Å². The first-order chi connectivity index (χ1) is 9.60. The summed E-state index contributed by atoms with van der Waals surface area (Å²) < 4.78 is 4.70. The van der Waals surface area contributed by atoms with Gasteiger partial charge in [0, 0.05) is 12.6 Å². The number of hydrogen-bond acceptors (Lipinski definition) is 3. The predicted octanol–water partition coefficient (Wildman–Crippen LogP) is 3.39. The maximum atomic E-state index is 11.4. The standard InChI is InChI=1S/C17H25NO2/c1-12-4-9-16(10-13(12)2)18-11-14-5-7-15(8-6-14)17(19)20-3/h5-8,12-13,16,18H,4,9-11H2,1-3H3. The summed E-state index contributed by atoms with van der Waals surface area (Å²) in [5.74, 6) is 1.38. The maximum Gasteiger partial charge on any atom is 0.337 e. The molecule has 0 aromatic heterocycles. The van der Waals surface area contributed by atoms with E-state index in [9.17, 15) is 4.79 Å². The van der Waals surface area contributed by atoms with E-state index >= 15 is 0 Å². The highest BCUT2D eigenvalue weighted by Crippen LogP contribution is 2.29. The minimum Gasteiger partial charge on any atom is -0.465 e. The van der Waals surface area contributed by atoms with Crippen molar-refractivity contribution < 1.29 is 9.53 Å². The van der Waals surface area contributed by atoms with Crippen molar-refractivity contribution in [2.24, 2.45) is 11.8 Å². The fraction of sp³-hybridized carbons (Fsp3) is 0.588. The summed E-state index contributed by atoms with van der Waals surface area (Å²) in [5.41, 5.74) is 1.82. The molecule has 0 spiro atoms. The summed E-state index contributed by atoms with van der Waals surface area (Å²) in [6.07, 6.45) is 3.85. The molecular formula is C17H25NO2. The van der Waals surface area contributed by atoms with E-state index in [0.29, 0.717) is 11.6 Å². The summed E-state index contributed by atoms with van der Waals surface area (Å²) >= 11 is 0. The number of rotatable bonds is 4. The van der Waals surface area contributed by atoms with Gasteiger partial charge in [-0.05, 0) is 48.8 Å². The van der Waals surface area contributed by atoms with Gasteiger partial charge in [-0.1, -0.05) is 26.0 Å². The zero-order valence-electron chi connectivity index (χ0n) is 12.7. The van der Waals surface area contributed by atoms with Crippen LogP contribution in [0.25, 0.3) is 0 Å². The third-order valence-corrected chi connectivity index (χ3v) is 4.57. The Bertz CT molecular complexity index is 441. The van der Waals surface area contributed by atoms with Gasteiger partial charge in [0.1, 0.15) is 0 Å².